The van der Waals surface area contributed by atoms with Gasteiger partial charge in [-0.15, -0.1) is 36.2 Å². The van der Waals surface area contributed by atoms with Crippen molar-refractivity contribution in [3.63, 3.8) is 0 Å². The number of likely N-dealkylation sites (tertiary alicyclic amines) is 1. The molecular formula is C17H23Cl2N3OS. The highest BCUT2D eigenvalue weighted by Gasteiger charge is 2.29. The van der Waals surface area contributed by atoms with Gasteiger partial charge >= 0.3 is 0 Å². The Morgan fingerprint density at radius 1 is 1.33 bits per heavy atom. The maximum atomic E-state index is 12.7. The Balaban J connectivity index is 0.00000144. The lowest BCUT2D eigenvalue weighted by molar-refractivity contribution is -0.134. The predicted molar refractivity (Wildman–Crippen MR) is 103 cm³/mol. The molecule has 0 saturated carbocycles. The van der Waals surface area contributed by atoms with Crippen LogP contribution in [-0.4, -0.2) is 28.9 Å². The number of piperidine rings is 1. The highest BCUT2D eigenvalue weighted by atomic mass is 35.5. The zero-order valence-corrected chi connectivity index (χ0v) is 16.0. The summed E-state index contributed by atoms with van der Waals surface area (Å²) in [5.41, 5.74) is 8.09. The van der Waals surface area contributed by atoms with Gasteiger partial charge in [-0.3, -0.25) is 4.79 Å². The van der Waals surface area contributed by atoms with Gasteiger partial charge in [0.25, 0.3) is 0 Å². The van der Waals surface area contributed by atoms with Gasteiger partial charge < -0.3 is 10.6 Å². The van der Waals surface area contributed by atoms with Crippen LogP contribution in [0.15, 0.2) is 35.7 Å². The van der Waals surface area contributed by atoms with E-state index in [0.29, 0.717) is 5.92 Å². The lowest BCUT2D eigenvalue weighted by atomic mass is 9.97. The van der Waals surface area contributed by atoms with Crippen molar-refractivity contribution in [3.8, 4) is 0 Å². The summed E-state index contributed by atoms with van der Waals surface area (Å²) >= 11 is 1.69. The van der Waals surface area contributed by atoms with Gasteiger partial charge in [-0.2, -0.15) is 0 Å². The molecule has 1 aromatic heterocycles. The number of nitrogens with two attached hydrogens (primary N) is 1. The summed E-state index contributed by atoms with van der Waals surface area (Å²) in [4.78, 5) is 19.2. The SMILES string of the molecule is Cc1csc(C2CCCN(C(=O)C(N)c3ccccc3)C2)n1.Cl.Cl. The third-order valence-electron chi connectivity index (χ3n) is 4.14. The average Bonchev–Trinajstić information content (AvgIpc) is 3.01. The Kier molecular flexibility index (Phi) is 8.16. The van der Waals surface area contributed by atoms with Crippen LogP contribution in [0, 0.1) is 6.92 Å². The van der Waals surface area contributed by atoms with E-state index in [1.165, 1.54) is 0 Å². The van der Waals surface area contributed by atoms with Crippen molar-refractivity contribution in [3.05, 3.63) is 52.0 Å². The largest absolute Gasteiger partial charge is 0.340 e. The number of thiazole rings is 1. The van der Waals surface area contributed by atoms with Gasteiger partial charge in [0.15, 0.2) is 0 Å². The summed E-state index contributed by atoms with van der Waals surface area (Å²) in [6.45, 7) is 3.53. The monoisotopic (exact) mass is 387 g/mol. The number of carbonyl (C=O) groups excluding carboxylic acids is 1. The molecule has 2 atom stereocenters. The molecule has 2 N–H and O–H groups in total. The second-order valence-electron chi connectivity index (χ2n) is 5.84. The van der Waals surface area contributed by atoms with E-state index in [2.05, 4.69) is 10.4 Å². The molecule has 2 unspecified atom stereocenters. The van der Waals surface area contributed by atoms with E-state index in [4.69, 9.17) is 5.73 Å². The van der Waals surface area contributed by atoms with Crippen LogP contribution in [0.25, 0.3) is 0 Å². The van der Waals surface area contributed by atoms with Crippen molar-refractivity contribution < 1.29 is 4.79 Å². The van der Waals surface area contributed by atoms with Gasteiger partial charge in [0.05, 0.1) is 5.01 Å². The van der Waals surface area contributed by atoms with E-state index in [1.807, 2.05) is 42.2 Å². The maximum absolute atomic E-state index is 12.7. The molecule has 0 aliphatic carbocycles. The molecule has 0 radical (unpaired) electrons. The first-order valence-corrected chi connectivity index (χ1v) is 8.54. The quantitative estimate of drug-likeness (QED) is 0.872. The molecule has 0 bridgehead atoms. The third-order valence-corrected chi connectivity index (χ3v) is 5.27. The summed E-state index contributed by atoms with van der Waals surface area (Å²) in [7, 11) is 0. The minimum absolute atomic E-state index is 0. The van der Waals surface area contributed by atoms with Crippen LogP contribution in [0.3, 0.4) is 0 Å². The molecule has 1 fully saturated rings. The Bertz CT molecular complexity index is 650. The molecule has 2 heterocycles. The molecule has 1 saturated heterocycles. The van der Waals surface area contributed by atoms with E-state index in [-0.39, 0.29) is 30.7 Å². The molecular weight excluding hydrogens is 365 g/mol. The van der Waals surface area contributed by atoms with Crippen LogP contribution < -0.4 is 5.73 Å². The van der Waals surface area contributed by atoms with Crippen LogP contribution in [-0.2, 0) is 4.79 Å². The van der Waals surface area contributed by atoms with Crippen molar-refractivity contribution in [1.29, 1.82) is 0 Å². The molecule has 4 nitrogen and oxygen atoms in total. The topological polar surface area (TPSA) is 59.2 Å². The predicted octanol–water partition coefficient (Wildman–Crippen LogP) is 3.70. The number of carbonyl (C=O) groups is 1. The number of hydrogen-bond acceptors (Lipinski definition) is 4. The van der Waals surface area contributed by atoms with E-state index < -0.39 is 6.04 Å². The Morgan fingerprint density at radius 3 is 2.67 bits per heavy atom. The molecule has 7 heteroatoms. The first-order valence-electron chi connectivity index (χ1n) is 7.66. The molecule has 0 spiro atoms. The fraction of sp³-hybridized carbons (Fsp3) is 0.412. The van der Waals surface area contributed by atoms with Crippen LogP contribution in [0.2, 0.25) is 0 Å². The number of rotatable bonds is 3. The van der Waals surface area contributed by atoms with Gasteiger partial charge in [-0.1, -0.05) is 30.3 Å². The first-order chi connectivity index (χ1) is 10.6. The fourth-order valence-electron chi connectivity index (χ4n) is 2.94. The Labute approximate surface area is 159 Å². The van der Waals surface area contributed by atoms with Crippen molar-refractivity contribution in [2.24, 2.45) is 5.73 Å². The second-order valence-corrected chi connectivity index (χ2v) is 6.73. The van der Waals surface area contributed by atoms with Gasteiger partial charge in [0, 0.05) is 30.1 Å². The number of hydrogen-bond donors (Lipinski definition) is 1. The summed E-state index contributed by atoms with van der Waals surface area (Å²) in [5, 5.41) is 3.22. The smallest absolute Gasteiger partial charge is 0.244 e. The first kappa shape index (κ1) is 20.9. The molecule has 24 heavy (non-hydrogen) atoms. The molecule has 1 aliphatic rings. The number of nitrogens with zero attached hydrogens (tertiary/aromatic N) is 2. The normalized spacial score (nSPS) is 18.2. The van der Waals surface area contributed by atoms with Gasteiger partial charge in [-0.25, -0.2) is 4.98 Å². The standard InChI is InChI=1S/C17H21N3OS.2ClH/c1-12-11-22-16(19-12)14-8-5-9-20(10-14)17(21)15(18)13-6-3-2-4-7-13;;/h2-4,6-7,11,14-15H,5,8-10,18H2,1H3;2*1H. The zero-order valence-electron chi connectivity index (χ0n) is 13.6. The van der Waals surface area contributed by atoms with Crippen LogP contribution in [0.1, 0.15) is 41.1 Å². The average molecular weight is 388 g/mol. The minimum Gasteiger partial charge on any atom is -0.340 e. The highest BCUT2D eigenvalue weighted by Crippen LogP contribution is 2.30. The van der Waals surface area contributed by atoms with Crippen LogP contribution in [0.4, 0.5) is 0 Å². The zero-order chi connectivity index (χ0) is 15.5. The van der Waals surface area contributed by atoms with Gasteiger partial charge in [0.1, 0.15) is 6.04 Å². The van der Waals surface area contributed by atoms with Crippen LogP contribution in [0.5, 0.6) is 0 Å². The summed E-state index contributed by atoms with van der Waals surface area (Å²) in [6.07, 6.45) is 2.11. The van der Waals surface area contributed by atoms with Gasteiger partial charge in [-0.05, 0) is 25.3 Å². The molecule has 3 rings (SSSR count). The number of aromatic nitrogens is 1. The Morgan fingerprint density at radius 2 is 2.04 bits per heavy atom. The summed E-state index contributed by atoms with van der Waals surface area (Å²) in [6, 6.07) is 9.02. The second kappa shape index (κ2) is 9.37. The molecule has 132 valence electrons. The van der Waals surface area contributed by atoms with Crippen molar-refractivity contribution in [1.82, 2.24) is 9.88 Å². The van der Waals surface area contributed by atoms with E-state index in [0.717, 1.165) is 42.2 Å². The van der Waals surface area contributed by atoms with Crippen LogP contribution >= 0.6 is 36.2 Å². The number of aryl methyl sites for hydroxylation is 1. The number of halogens is 2. The molecule has 1 aromatic carbocycles. The van der Waals surface area contributed by atoms with E-state index in [9.17, 15) is 4.79 Å². The minimum atomic E-state index is -0.571. The third kappa shape index (κ3) is 4.70. The van der Waals surface area contributed by atoms with Crippen molar-refractivity contribution >= 4 is 42.1 Å². The van der Waals surface area contributed by atoms with Crippen molar-refractivity contribution in [2.75, 3.05) is 13.1 Å². The number of benzene rings is 1. The van der Waals surface area contributed by atoms with Crippen molar-refractivity contribution in [2.45, 2.75) is 31.7 Å². The fourth-order valence-corrected chi connectivity index (χ4v) is 3.86. The maximum Gasteiger partial charge on any atom is 0.244 e. The summed E-state index contributed by atoms with van der Waals surface area (Å²) < 4.78 is 0. The van der Waals surface area contributed by atoms with Gasteiger partial charge in [0.2, 0.25) is 5.91 Å². The molecule has 2 aromatic rings. The lowest BCUT2D eigenvalue weighted by Crippen LogP contribution is -2.43. The number of amides is 1. The Hall–Kier alpha value is -1.14. The van der Waals surface area contributed by atoms with E-state index in [1.54, 1.807) is 11.3 Å². The summed E-state index contributed by atoms with van der Waals surface area (Å²) in [5.74, 6) is 0.364. The lowest BCUT2D eigenvalue weighted by Gasteiger charge is -2.33. The molecule has 1 amide bonds. The molecule has 1 aliphatic heterocycles. The highest BCUT2D eigenvalue weighted by molar-refractivity contribution is 7.09. The van der Waals surface area contributed by atoms with E-state index >= 15 is 0 Å².